The smallest absolute Gasteiger partial charge is 0.191 e. The van der Waals surface area contributed by atoms with Crippen LogP contribution in [0.2, 0.25) is 0 Å². The van der Waals surface area contributed by atoms with Gasteiger partial charge in [0.05, 0.1) is 0 Å². The molecule has 3 aromatic rings. The van der Waals surface area contributed by atoms with E-state index in [1.54, 1.807) is 11.8 Å². The van der Waals surface area contributed by atoms with Crippen molar-refractivity contribution in [2.75, 3.05) is 0 Å². The molecule has 124 valence electrons. The van der Waals surface area contributed by atoms with Gasteiger partial charge in [-0.15, -0.1) is 10.2 Å². The summed E-state index contributed by atoms with van der Waals surface area (Å²) in [5.41, 5.74) is 3.90. The van der Waals surface area contributed by atoms with Gasteiger partial charge < -0.3 is 4.57 Å². The lowest BCUT2D eigenvalue weighted by molar-refractivity contribution is 0.598. The number of hydrogen-bond donors (Lipinski definition) is 0. The van der Waals surface area contributed by atoms with E-state index in [0.717, 1.165) is 36.1 Å². The third-order valence-corrected chi connectivity index (χ3v) is 4.93. The van der Waals surface area contributed by atoms with Crippen LogP contribution in [0, 0.1) is 6.92 Å². The first-order valence-electron chi connectivity index (χ1n) is 8.40. The summed E-state index contributed by atoms with van der Waals surface area (Å²) in [5, 5.41) is 9.91. The Morgan fingerprint density at radius 1 is 0.958 bits per heavy atom. The van der Waals surface area contributed by atoms with Gasteiger partial charge in [0.1, 0.15) is 5.82 Å². The molecule has 0 saturated heterocycles. The van der Waals surface area contributed by atoms with Crippen molar-refractivity contribution < 1.29 is 0 Å². The van der Waals surface area contributed by atoms with E-state index in [2.05, 4.69) is 77.1 Å². The van der Waals surface area contributed by atoms with Crippen LogP contribution < -0.4 is 0 Å². The summed E-state index contributed by atoms with van der Waals surface area (Å²) in [6.07, 6.45) is 1.91. The number of aromatic nitrogens is 3. The summed E-state index contributed by atoms with van der Waals surface area (Å²) in [4.78, 5) is 0. The number of thioether (sulfide) groups is 1. The Kier molecular flexibility index (Phi) is 5.70. The van der Waals surface area contributed by atoms with E-state index in [4.69, 9.17) is 0 Å². The second kappa shape index (κ2) is 8.15. The lowest BCUT2D eigenvalue weighted by Gasteiger charge is -2.09. The molecular weight excluding hydrogens is 314 g/mol. The first-order chi connectivity index (χ1) is 11.8. The van der Waals surface area contributed by atoms with Crippen molar-refractivity contribution in [3.8, 4) is 0 Å². The molecule has 0 saturated carbocycles. The third-order valence-electron chi connectivity index (χ3n) is 3.90. The second-order valence-electron chi connectivity index (χ2n) is 5.99. The number of benzene rings is 2. The number of aryl methyl sites for hydroxylation is 1. The zero-order valence-electron chi connectivity index (χ0n) is 14.3. The van der Waals surface area contributed by atoms with Crippen LogP contribution in [0.4, 0.5) is 0 Å². The van der Waals surface area contributed by atoms with Gasteiger partial charge in [-0.25, -0.2) is 0 Å². The number of rotatable bonds is 7. The van der Waals surface area contributed by atoms with Gasteiger partial charge in [-0.3, -0.25) is 0 Å². The van der Waals surface area contributed by atoms with Crippen LogP contribution >= 0.6 is 11.8 Å². The molecule has 0 radical (unpaired) electrons. The highest BCUT2D eigenvalue weighted by molar-refractivity contribution is 7.98. The maximum absolute atomic E-state index is 4.45. The average Bonchev–Trinajstić information content (AvgIpc) is 2.96. The van der Waals surface area contributed by atoms with E-state index in [9.17, 15) is 0 Å². The van der Waals surface area contributed by atoms with Gasteiger partial charge in [0.2, 0.25) is 0 Å². The molecule has 0 fully saturated rings. The Morgan fingerprint density at radius 2 is 1.75 bits per heavy atom. The van der Waals surface area contributed by atoms with Crippen LogP contribution in [0.25, 0.3) is 0 Å². The van der Waals surface area contributed by atoms with E-state index in [-0.39, 0.29) is 0 Å². The van der Waals surface area contributed by atoms with Crippen LogP contribution in [0.1, 0.15) is 35.9 Å². The molecule has 1 heterocycles. The van der Waals surface area contributed by atoms with Crippen molar-refractivity contribution in [2.24, 2.45) is 0 Å². The summed E-state index contributed by atoms with van der Waals surface area (Å²) in [5.74, 6) is 1.98. The molecule has 0 amide bonds. The van der Waals surface area contributed by atoms with Gasteiger partial charge in [0.15, 0.2) is 5.16 Å². The molecule has 4 heteroatoms. The minimum atomic E-state index is 0.832. The monoisotopic (exact) mass is 337 g/mol. The molecular formula is C20H23N3S. The molecule has 0 unspecified atom stereocenters. The van der Waals surface area contributed by atoms with Crippen molar-refractivity contribution in [2.45, 2.75) is 44.1 Å². The summed E-state index contributed by atoms with van der Waals surface area (Å²) >= 11 is 1.77. The Morgan fingerprint density at radius 3 is 2.50 bits per heavy atom. The fraction of sp³-hybridized carbons (Fsp3) is 0.300. The van der Waals surface area contributed by atoms with Gasteiger partial charge in [-0.1, -0.05) is 78.8 Å². The molecule has 24 heavy (non-hydrogen) atoms. The predicted molar refractivity (Wildman–Crippen MR) is 100 cm³/mol. The number of hydrogen-bond acceptors (Lipinski definition) is 3. The van der Waals surface area contributed by atoms with Crippen LogP contribution in [-0.2, 0) is 18.7 Å². The predicted octanol–water partition coefficient (Wildman–Crippen LogP) is 4.88. The maximum Gasteiger partial charge on any atom is 0.191 e. The van der Waals surface area contributed by atoms with E-state index in [1.165, 1.54) is 16.7 Å². The van der Waals surface area contributed by atoms with Crippen molar-refractivity contribution >= 4 is 11.8 Å². The van der Waals surface area contributed by atoms with Crippen LogP contribution in [-0.4, -0.2) is 14.8 Å². The standard InChI is InChI=1S/C20H23N3S/c1-3-12-23-19(14-17-9-5-4-6-10-17)21-22-20(23)24-15-18-11-7-8-16(2)13-18/h4-11,13H,3,12,14-15H2,1-2H3. The van der Waals surface area contributed by atoms with Crippen LogP contribution in [0.5, 0.6) is 0 Å². The summed E-state index contributed by atoms with van der Waals surface area (Å²) in [6.45, 7) is 5.29. The highest BCUT2D eigenvalue weighted by atomic mass is 32.2. The number of nitrogens with zero attached hydrogens (tertiary/aromatic N) is 3. The summed E-state index contributed by atoms with van der Waals surface area (Å²) < 4.78 is 2.27. The molecule has 0 aliphatic carbocycles. The van der Waals surface area contributed by atoms with Crippen molar-refractivity contribution in [1.82, 2.24) is 14.8 Å². The highest BCUT2D eigenvalue weighted by Crippen LogP contribution is 2.23. The quantitative estimate of drug-likeness (QED) is 0.576. The summed E-state index contributed by atoms with van der Waals surface area (Å²) in [6, 6.07) is 19.1. The molecule has 0 atom stereocenters. The van der Waals surface area contributed by atoms with E-state index >= 15 is 0 Å². The van der Waals surface area contributed by atoms with Crippen molar-refractivity contribution in [3.05, 3.63) is 77.1 Å². The minimum absolute atomic E-state index is 0.832. The van der Waals surface area contributed by atoms with Crippen LogP contribution in [0.3, 0.4) is 0 Å². The molecule has 3 rings (SSSR count). The van der Waals surface area contributed by atoms with Crippen LogP contribution in [0.15, 0.2) is 59.8 Å². The molecule has 2 aromatic carbocycles. The van der Waals surface area contributed by atoms with Gasteiger partial charge >= 0.3 is 0 Å². The first-order valence-corrected chi connectivity index (χ1v) is 9.39. The van der Waals surface area contributed by atoms with E-state index < -0.39 is 0 Å². The van der Waals surface area contributed by atoms with Crippen molar-refractivity contribution in [3.63, 3.8) is 0 Å². The van der Waals surface area contributed by atoms with E-state index in [0.29, 0.717) is 0 Å². The molecule has 0 spiro atoms. The molecule has 0 N–H and O–H groups in total. The average molecular weight is 337 g/mol. The molecule has 3 nitrogen and oxygen atoms in total. The Labute approximate surface area is 148 Å². The Balaban J connectivity index is 1.75. The zero-order chi connectivity index (χ0) is 16.8. The largest absolute Gasteiger partial charge is 0.306 e. The van der Waals surface area contributed by atoms with Gasteiger partial charge in [-0.05, 0) is 24.5 Å². The summed E-state index contributed by atoms with van der Waals surface area (Å²) in [7, 11) is 0. The highest BCUT2D eigenvalue weighted by Gasteiger charge is 2.12. The van der Waals surface area contributed by atoms with Gasteiger partial charge in [-0.2, -0.15) is 0 Å². The molecule has 1 aromatic heterocycles. The maximum atomic E-state index is 4.45. The first kappa shape index (κ1) is 16.8. The van der Waals surface area contributed by atoms with Gasteiger partial charge in [0.25, 0.3) is 0 Å². The third kappa shape index (κ3) is 4.26. The molecule has 0 aliphatic rings. The van der Waals surface area contributed by atoms with Gasteiger partial charge in [0, 0.05) is 18.7 Å². The Hall–Kier alpha value is -2.07. The normalized spacial score (nSPS) is 10.9. The van der Waals surface area contributed by atoms with Crippen molar-refractivity contribution in [1.29, 1.82) is 0 Å². The fourth-order valence-electron chi connectivity index (χ4n) is 2.73. The lowest BCUT2D eigenvalue weighted by atomic mass is 10.1. The minimum Gasteiger partial charge on any atom is -0.306 e. The zero-order valence-corrected chi connectivity index (χ0v) is 15.1. The lowest BCUT2D eigenvalue weighted by Crippen LogP contribution is -2.05. The molecule has 0 aliphatic heterocycles. The fourth-order valence-corrected chi connectivity index (χ4v) is 3.66. The topological polar surface area (TPSA) is 30.7 Å². The Bertz CT molecular complexity index is 781. The second-order valence-corrected chi connectivity index (χ2v) is 6.93. The SMILES string of the molecule is CCCn1c(Cc2ccccc2)nnc1SCc1cccc(C)c1. The van der Waals surface area contributed by atoms with E-state index in [1.807, 2.05) is 6.07 Å². The molecule has 0 bridgehead atoms.